The SMILES string of the molecule is N=Cc1c(Nc2cccc(C(=O)N3CCOCC3)c2)nc(Cc2ccccc2OC(F)(F)F)[nH]c1=O. The highest BCUT2D eigenvalue weighted by atomic mass is 19.4. The molecule has 0 aliphatic carbocycles. The quantitative estimate of drug-likeness (QED) is 0.427. The second-order valence-electron chi connectivity index (χ2n) is 7.86. The summed E-state index contributed by atoms with van der Waals surface area (Å²) in [6, 6.07) is 12.1. The van der Waals surface area contributed by atoms with Gasteiger partial charge in [0.15, 0.2) is 0 Å². The summed E-state index contributed by atoms with van der Waals surface area (Å²) >= 11 is 0. The summed E-state index contributed by atoms with van der Waals surface area (Å²) < 4.78 is 47.7. The molecular weight excluding hydrogens is 479 g/mol. The Morgan fingerprint density at radius 3 is 2.67 bits per heavy atom. The van der Waals surface area contributed by atoms with Gasteiger partial charge < -0.3 is 30.1 Å². The van der Waals surface area contributed by atoms with E-state index in [4.69, 9.17) is 10.1 Å². The van der Waals surface area contributed by atoms with E-state index in [2.05, 4.69) is 20.0 Å². The minimum Gasteiger partial charge on any atom is -0.405 e. The van der Waals surface area contributed by atoms with E-state index in [0.29, 0.717) is 37.6 Å². The Morgan fingerprint density at radius 1 is 1.19 bits per heavy atom. The summed E-state index contributed by atoms with van der Waals surface area (Å²) in [6.45, 7) is 1.88. The molecule has 3 aromatic rings. The van der Waals surface area contributed by atoms with Crippen LogP contribution in [0.2, 0.25) is 0 Å². The number of nitrogens with one attached hydrogen (secondary N) is 3. The lowest BCUT2D eigenvalue weighted by molar-refractivity contribution is -0.274. The molecule has 1 aliphatic heterocycles. The van der Waals surface area contributed by atoms with E-state index in [-0.39, 0.29) is 35.1 Å². The summed E-state index contributed by atoms with van der Waals surface area (Å²) in [4.78, 5) is 33.9. The average molecular weight is 501 g/mol. The number of amides is 1. The predicted octanol–water partition coefficient (Wildman–Crippen LogP) is 3.47. The number of H-pyrrole nitrogens is 1. The number of hydrogen-bond acceptors (Lipinski definition) is 7. The number of aromatic amines is 1. The van der Waals surface area contributed by atoms with Crippen molar-refractivity contribution in [3.63, 3.8) is 0 Å². The molecule has 9 nitrogen and oxygen atoms in total. The van der Waals surface area contributed by atoms with E-state index in [1.54, 1.807) is 35.2 Å². The number of alkyl halides is 3. The molecule has 2 aromatic carbocycles. The number of aromatic nitrogens is 2. The molecule has 0 radical (unpaired) electrons. The first-order valence-electron chi connectivity index (χ1n) is 10.9. The zero-order valence-electron chi connectivity index (χ0n) is 18.9. The molecular formula is C24H22F3N5O4. The highest BCUT2D eigenvalue weighted by molar-refractivity contribution is 5.95. The first kappa shape index (κ1) is 24.9. The molecule has 1 aliphatic rings. The predicted molar refractivity (Wildman–Crippen MR) is 125 cm³/mol. The van der Waals surface area contributed by atoms with Crippen molar-refractivity contribution in [1.82, 2.24) is 14.9 Å². The topological polar surface area (TPSA) is 120 Å². The number of morpholine rings is 1. The minimum atomic E-state index is -4.88. The minimum absolute atomic E-state index is 0.0222. The van der Waals surface area contributed by atoms with Gasteiger partial charge in [0, 0.05) is 42.5 Å². The number of benzene rings is 2. The molecule has 2 heterocycles. The van der Waals surface area contributed by atoms with Gasteiger partial charge in [-0.1, -0.05) is 24.3 Å². The normalized spacial score (nSPS) is 13.8. The highest BCUT2D eigenvalue weighted by Gasteiger charge is 2.32. The molecule has 1 fully saturated rings. The van der Waals surface area contributed by atoms with Crippen LogP contribution in [-0.2, 0) is 11.2 Å². The number of rotatable bonds is 7. The molecule has 188 valence electrons. The maximum atomic E-state index is 12.8. The summed E-state index contributed by atoms with van der Waals surface area (Å²) in [7, 11) is 0. The Kier molecular flexibility index (Phi) is 7.34. The summed E-state index contributed by atoms with van der Waals surface area (Å²) in [5.74, 6) is -0.497. The second kappa shape index (κ2) is 10.6. The molecule has 4 rings (SSSR count). The summed E-state index contributed by atoms with van der Waals surface area (Å²) in [5, 5.41) is 10.6. The van der Waals surface area contributed by atoms with Crippen molar-refractivity contribution in [2.75, 3.05) is 31.6 Å². The number of ether oxygens (including phenoxy) is 2. The Hall–Kier alpha value is -4.19. The first-order chi connectivity index (χ1) is 17.2. The Balaban J connectivity index is 1.61. The Bertz CT molecular complexity index is 1320. The van der Waals surface area contributed by atoms with Crippen LogP contribution in [0.15, 0.2) is 53.3 Å². The number of carbonyl (C=O) groups is 1. The van der Waals surface area contributed by atoms with Crippen LogP contribution in [0.4, 0.5) is 24.7 Å². The van der Waals surface area contributed by atoms with Gasteiger partial charge in [0.05, 0.1) is 18.8 Å². The van der Waals surface area contributed by atoms with Crippen molar-refractivity contribution in [2.24, 2.45) is 0 Å². The van der Waals surface area contributed by atoms with Crippen molar-refractivity contribution in [3.05, 3.63) is 81.4 Å². The number of hydrogen-bond donors (Lipinski definition) is 3. The van der Waals surface area contributed by atoms with Crippen molar-refractivity contribution in [1.29, 1.82) is 5.41 Å². The van der Waals surface area contributed by atoms with Gasteiger partial charge in [-0.05, 0) is 24.3 Å². The van der Waals surface area contributed by atoms with Gasteiger partial charge in [-0.15, -0.1) is 13.2 Å². The molecule has 36 heavy (non-hydrogen) atoms. The van der Waals surface area contributed by atoms with Crippen molar-refractivity contribution < 1.29 is 27.4 Å². The van der Waals surface area contributed by atoms with E-state index in [1.165, 1.54) is 18.2 Å². The molecule has 0 saturated carbocycles. The lowest BCUT2D eigenvalue weighted by Crippen LogP contribution is -2.40. The van der Waals surface area contributed by atoms with E-state index < -0.39 is 17.7 Å². The third-order valence-corrected chi connectivity index (χ3v) is 5.38. The van der Waals surface area contributed by atoms with Gasteiger partial charge in [-0.3, -0.25) is 9.59 Å². The average Bonchev–Trinajstić information content (AvgIpc) is 2.84. The lowest BCUT2D eigenvalue weighted by Gasteiger charge is -2.27. The van der Waals surface area contributed by atoms with Gasteiger partial charge in [0.1, 0.15) is 17.4 Å². The van der Waals surface area contributed by atoms with Crippen LogP contribution >= 0.6 is 0 Å². The van der Waals surface area contributed by atoms with Gasteiger partial charge in [0.2, 0.25) is 0 Å². The third kappa shape index (κ3) is 6.08. The monoisotopic (exact) mass is 501 g/mol. The molecule has 1 saturated heterocycles. The second-order valence-corrected chi connectivity index (χ2v) is 7.86. The van der Waals surface area contributed by atoms with Gasteiger partial charge in [-0.25, -0.2) is 4.98 Å². The first-order valence-corrected chi connectivity index (χ1v) is 10.9. The summed E-state index contributed by atoms with van der Waals surface area (Å²) in [6.07, 6.45) is -4.22. The summed E-state index contributed by atoms with van der Waals surface area (Å²) in [5.41, 5.74) is 0.295. The van der Waals surface area contributed by atoms with Crippen LogP contribution in [0.3, 0.4) is 0 Å². The van der Waals surface area contributed by atoms with E-state index in [1.807, 2.05) is 0 Å². The molecule has 0 unspecified atom stereocenters. The van der Waals surface area contributed by atoms with Crippen molar-refractivity contribution >= 4 is 23.6 Å². The molecule has 1 amide bonds. The Labute approximate surface area is 203 Å². The van der Waals surface area contributed by atoms with Crippen LogP contribution in [0.5, 0.6) is 5.75 Å². The van der Waals surface area contributed by atoms with Crippen molar-refractivity contribution in [2.45, 2.75) is 12.8 Å². The lowest BCUT2D eigenvalue weighted by atomic mass is 10.1. The van der Waals surface area contributed by atoms with Crippen LogP contribution in [0, 0.1) is 5.41 Å². The number of nitrogens with zero attached hydrogens (tertiary/aromatic N) is 2. The Morgan fingerprint density at radius 2 is 1.94 bits per heavy atom. The van der Waals surface area contributed by atoms with Crippen molar-refractivity contribution in [3.8, 4) is 5.75 Å². The van der Waals surface area contributed by atoms with Gasteiger partial charge in [0.25, 0.3) is 11.5 Å². The zero-order valence-corrected chi connectivity index (χ0v) is 18.9. The number of para-hydroxylation sites is 1. The molecule has 12 heteroatoms. The van der Waals surface area contributed by atoms with Crippen LogP contribution < -0.4 is 15.6 Å². The van der Waals surface area contributed by atoms with Crippen LogP contribution in [-0.4, -0.2) is 59.7 Å². The van der Waals surface area contributed by atoms with E-state index >= 15 is 0 Å². The maximum Gasteiger partial charge on any atom is 0.573 e. The molecule has 3 N–H and O–H groups in total. The molecule has 0 atom stereocenters. The third-order valence-electron chi connectivity index (χ3n) is 5.38. The van der Waals surface area contributed by atoms with Gasteiger partial charge >= 0.3 is 6.36 Å². The number of halogens is 3. The largest absolute Gasteiger partial charge is 0.573 e. The molecule has 1 aromatic heterocycles. The van der Waals surface area contributed by atoms with E-state index in [9.17, 15) is 22.8 Å². The van der Waals surface area contributed by atoms with Gasteiger partial charge in [-0.2, -0.15) is 0 Å². The number of carbonyl (C=O) groups excluding carboxylic acids is 1. The fourth-order valence-corrected chi connectivity index (χ4v) is 3.71. The fraction of sp³-hybridized carbons (Fsp3) is 0.250. The zero-order chi connectivity index (χ0) is 25.7. The number of anilines is 2. The molecule has 0 spiro atoms. The highest BCUT2D eigenvalue weighted by Crippen LogP contribution is 2.27. The molecule has 0 bridgehead atoms. The maximum absolute atomic E-state index is 12.8. The fourth-order valence-electron chi connectivity index (χ4n) is 3.71. The van der Waals surface area contributed by atoms with Crippen LogP contribution in [0.25, 0.3) is 0 Å². The van der Waals surface area contributed by atoms with E-state index in [0.717, 1.165) is 6.21 Å². The van der Waals surface area contributed by atoms with Crippen LogP contribution in [0.1, 0.15) is 27.3 Å². The standard InChI is InChI=1S/C24H22F3N5O4/c25-24(26,27)36-19-7-2-1-4-15(19)13-20-30-21(18(14-28)22(33)31-20)29-17-6-3-5-16(12-17)23(34)32-8-10-35-11-9-32/h1-7,12,14,28H,8-11,13H2,(H2,29,30,31,33). The smallest absolute Gasteiger partial charge is 0.405 e.